The van der Waals surface area contributed by atoms with Crippen LogP contribution in [0.2, 0.25) is 0 Å². The van der Waals surface area contributed by atoms with Crippen LogP contribution in [0, 0.1) is 5.92 Å². The molecular formula is C15H23NO4S. The average molecular weight is 313 g/mol. The van der Waals surface area contributed by atoms with Gasteiger partial charge < -0.3 is 9.47 Å². The van der Waals surface area contributed by atoms with Gasteiger partial charge in [-0.1, -0.05) is 18.2 Å². The molecule has 1 aromatic carbocycles. The summed E-state index contributed by atoms with van der Waals surface area (Å²) in [5, 5.41) is 0. The molecule has 0 unspecified atom stereocenters. The molecule has 1 aliphatic heterocycles. The predicted octanol–water partition coefficient (Wildman–Crippen LogP) is 1.75. The Labute approximate surface area is 126 Å². The number of benzene rings is 1. The summed E-state index contributed by atoms with van der Waals surface area (Å²) in [5.74, 6) is 1.20. The fraction of sp³-hybridized carbons (Fsp3) is 0.600. The van der Waals surface area contributed by atoms with Gasteiger partial charge in [0.1, 0.15) is 12.4 Å². The summed E-state index contributed by atoms with van der Waals surface area (Å²) < 4.78 is 36.7. The highest BCUT2D eigenvalue weighted by molar-refractivity contribution is 7.89. The maximum absolute atomic E-state index is 12.3. The minimum absolute atomic E-state index is 0.0246. The molecule has 0 aromatic heterocycles. The van der Waals surface area contributed by atoms with Gasteiger partial charge in [-0.2, -0.15) is 0 Å². The molecule has 0 radical (unpaired) electrons. The number of nitrogens with zero attached hydrogens (tertiary/aromatic N) is 1. The number of para-hydroxylation sites is 1. The highest BCUT2D eigenvalue weighted by Gasteiger charge is 2.27. The van der Waals surface area contributed by atoms with Gasteiger partial charge in [-0.15, -0.1) is 0 Å². The zero-order valence-electron chi connectivity index (χ0n) is 12.4. The smallest absolute Gasteiger partial charge is 0.217 e. The van der Waals surface area contributed by atoms with E-state index in [-0.39, 0.29) is 12.4 Å². The third kappa shape index (κ3) is 4.98. The first kappa shape index (κ1) is 16.3. The van der Waals surface area contributed by atoms with Gasteiger partial charge in [0, 0.05) is 26.8 Å². The molecule has 1 heterocycles. The number of piperidine rings is 1. The van der Waals surface area contributed by atoms with E-state index in [2.05, 4.69) is 0 Å². The van der Waals surface area contributed by atoms with Crippen LogP contribution < -0.4 is 4.74 Å². The van der Waals surface area contributed by atoms with Crippen LogP contribution in [0.15, 0.2) is 30.3 Å². The molecule has 21 heavy (non-hydrogen) atoms. The number of methoxy groups -OCH3 is 1. The lowest BCUT2D eigenvalue weighted by Gasteiger charge is -2.30. The summed E-state index contributed by atoms with van der Waals surface area (Å²) in [6, 6.07) is 9.27. The molecular weight excluding hydrogens is 290 g/mol. The van der Waals surface area contributed by atoms with Gasteiger partial charge in [0.25, 0.3) is 0 Å². The molecule has 5 nitrogen and oxygen atoms in total. The van der Waals surface area contributed by atoms with Crippen molar-refractivity contribution in [3.05, 3.63) is 30.3 Å². The fourth-order valence-electron chi connectivity index (χ4n) is 2.50. The van der Waals surface area contributed by atoms with E-state index in [1.807, 2.05) is 30.3 Å². The Balaban J connectivity index is 1.77. The lowest BCUT2D eigenvalue weighted by atomic mass is 9.99. The Bertz CT molecular complexity index is 510. The highest BCUT2D eigenvalue weighted by atomic mass is 32.2. The van der Waals surface area contributed by atoms with Gasteiger partial charge in [0.15, 0.2) is 0 Å². The summed E-state index contributed by atoms with van der Waals surface area (Å²) >= 11 is 0. The minimum atomic E-state index is -3.22. The van der Waals surface area contributed by atoms with Crippen LogP contribution in [0.5, 0.6) is 5.75 Å². The predicted molar refractivity (Wildman–Crippen MR) is 81.9 cm³/mol. The van der Waals surface area contributed by atoms with Crippen LogP contribution >= 0.6 is 0 Å². The van der Waals surface area contributed by atoms with Gasteiger partial charge in [-0.05, 0) is 30.9 Å². The molecule has 0 N–H and O–H groups in total. The van der Waals surface area contributed by atoms with Crippen molar-refractivity contribution in [1.82, 2.24) is 4.31 Å². The van der Waals surface area contributed by atoms with Gasteiger partial charge in [0.05, 0.1) is 5.75 Å². The number of hydrogen-bond donors (Lipinski definition) is 0. The zero-order chi connectivity index (χ0) is 15.1. The fourth-order valence-corrected chi connectivity index (χ4v) is 3.82. The molecule has 6 heteroatoms. The summed E-state index contributed by atoms with van der Waals surface area (Å²) in [5.41, 5.74) is 0. The Morgan fingerprint density at radius 2 is 1.86 bits per heavy atom. The average Bonchev–Trinajstić information content (AvgIpc) is 2.49. The van der Waals surface area contributed by atoms with E-state index in [9.17, 15) is 8.42 Å². The maximum atomic E-state index is 12.3. The van der Waals surface area contributed by atoms with Gasteiger partial charge >= 0.3 is 0 Å². The van der Waals surface area contributed by atoms with Crippen LogP contribution in [0.25, 0.3) is 0 Å². The number of hydrogen-bond acceptors (Lipinski definition) is 4. The molecule has 0 amide bonds. The lowest BCUT2D eigenvalue weighted by Crippen LogP contribution is -2.41. The minimum Gasteiger partial charge on any atom is -0.492 e. The van der Waals surface area contributed by atoms with E-state index < -0.39 is 10.0 Å². The van der Waals surface area contributed by atoms with Gasteiger partial charge in [-0.25, -0.2) is 12.7 Å². The van der Waals surface area contributed by atoms with E-state index in [0.29, 0.717) is 31.4 Å². The molecule has 1 saturated heterocycles. The zero-order valence-corrected chi connectivity index (χ0v) is 13.2. The largest absolute Gasteiger partial charge is 0.492 e. The second-order valence-electron chi connectivity index (χ2n) is 5.28. The number of ether oxygens (including phenoxy) is 2. The Hall–Kier alpha value is -1.11. The maximum Gasteiger partial charge on any atom is 0.217 e. The topological polar surface area (TPSA) is 55.8 Å². The summed E-state index contributed by atoms with van der Waals surface area (Å²) in [6.45, 7) is 2.07. The van der Waals surface area contributed by atoms with Crippen molar-refractivity contribution in [3.63, 3.8) is 0 Å². The van der Waals surface area contributed by atoms with Crippen molar-refractivity contribution in [2.24, 2.45) is 5.92 Å². The van der Waals surface area contributed by atoms with E-state index >= 15 is 0 Å². The van der Waals surface area contributed by atoms with E-state index in [0.717, 1.165) is 12.8 Å². The van der Waals surface area contributed by atoms with Crippen molar-refractivity contribution >= 4 is 10.0 Å². The Kier molecular flexibility index (Phi) is 6.02. The number of sulfonamides is 1. The molecule has 1 fully saturated rings. The first-order valence-corrected chi connectivity index (χ1v) is 8.87. The molecule has 0 spiro atoms. The summed E-state index contributed by atoms with van der Waals surface area (Å²) in [6.07, 6.45) is 1.74. The van der Waals surface area contributed by atoms with Gasteiger partial charge in [0.2, 0.25) is 10.0 Å². The van der Waals surface area contributed by atoms with E-state index in [1.54, 1.807) is 11.4 Å². The first-order chi connectivity index (χ1) is 10.1. The van der Waals surface area contributed by atoms with Gasteiger partial charge in [-0.3, -0.25) is 0 Å². The number of rotatable bonds is 7. The molecule has 0 atom stereocenters. The molecule has 0 aliphatic carbocycles. The quantitative estimate of drug-likeness (QED) is 0.769. The standard InChI is InChI=1S/C15H23NO4S/c1-19-13-14-7-9-16(10-8-14)21(17,18)12-11-20-15-5-3-2-4-6-15/h2-6,14H,7-13H2,1H3. The van der Waals surface area contributed by atoms with Crippen LogP contribution in [-0.4, -0.2) is 51.9 Å². The van der Waals surface area contributed by atoms with Crippen molar-refractivity contribution in [3.8, 4) is 5.75 Å². The third-order valence-corrected chi connectivity index (χ3v) is 5.56. The van der Waals surface area contributed by atoms with Crippen LogP contribution in [0.3, 0.4) is 0 Å². The van der Waals surface area contributed by atoms with Crippen LogP contribution in [-0.2, 0) is 14.8 Å². The van der Waals surface area contributed by atoms with Crippen molar-refractivity contribution < 1.29 is 17.9 Å². The second kappa shape index (κ2) is 7.77. The molecule has 1 aliphatic rings. The normalized spacial score (nSPS) is 17.8. The third-order valence-electron chi connectivity index (χ3n) is 3.72. The van der Waals surface area contributed by atoms with Crippen LogP contribution in [0.1, 0.15) is 12.8 Å². The molecule has 0 bridgehead atoms. The van der Waals surface area contributed by atoms with Crippen molar-refractivity contribution in [2.75, 3.05) is 39.2 Å². The lowest BCUT2D eigenvalue weighted by molar-refractivity contribution is 0.121. The van der Waals surface area contributed by atoms with Crippen molar-refractivity contribution in [1.29, 1.82) is 0 Å². The molecule has 118 valence electrons. The van der Waals surface area contributed by atoms with E-state index in [1.165, 1.54) is 0 Å². The second-order valence-corrected chi connectivity index (χ2v) is 7.36. The Morgan fingerprint density at radius 3 is 2.48 bits per heavy atom. The monoisotopic (exact) mass is 313 g/mol. The first-order valence-electron chi connectivity index (χ1n) is 7.26. The molecule has 0 saturated carbocycles. The SMILES string of the molecule is COCC1CCN(S(=O)(=O)CCOc2ccccc2)CC1. The van der Waals surface area contributed by atoms with Crippen LogP contribution in [0.4, 0.5) is 0 Å². The highest BCUT2D eigenvalue weighted by Crippen LogP contribution is 2.20. The van der Waals surface area contributed by atoms with E-state index in [4.69, 9.17) is 9.47 Å². The summed E-state index contributed by atoms with van der Waals surface area (Å²) in [7, 11) is -1.54. The summed E-state index contributed by atoms with van der Waals surface area (Å²) in [4.78, 5) is 0. The van der Waals surface area contributed by atoms with Crippen molar-refractivity contribution in [2.45, 2.75) is 12.8 Å². The Morgan fingerprint density at radius 1 is 1.19 bits per heavy atom. The molecule has 2 rings (SSSR count). The molecule has 1 aromatic rings.